The van der Waals surface area contributed by atoms with E-state index in [2.05, 4.69) is 17.6 Å². The van der Waals surface area contributed by atoms with Crippen molar-refractivity contribution in [2.24, 2.45) is 0 Å². The highest BCUT2D eigenvalue weighted by atomic mass is 16.5. The Morgan fingerprint density at radius 3 is 2.44 bits per heavy atom. The Morgan fingerprint density at radius 1 is 0.889 bits per heavy atom. The molecule has 0 radical (unpaired) electrons. The molecule has 0 atom stereocenters. The van der Waals surface area contributed by atoms with Gasteiger partial charge in [0, 0.05) is 17.4 Å². The Morgan fingerprint density at radius 2 is 1.70 bits per heavy atom. The molecule has 27 heavy (non-hydrogen) atoms. The van der Waals surface area contributed by atoms with Gasteiger partial charge in [-0.15, -0.1) is 0 Å². The van der Waals surface area contributed by atoms with Crippen LogP contribution in [-0.4, -0.2) is 25.7 Å². The number of nitrogens with one attached hydrogen (secondary N) is 2. The molecule has 5 heteroatoms. The molecular formula is C22H30N2O3. The highest BCUT2D eigenvalue weighted by Gasteiger charge is 2.04. The van der Waals surface area contributed by atoms with Crippen LogP contribution in [0.4, 0.5) is 11.4 Å². The third-order valence-corrected chi connectivity index (χ3v) is 4.00. The molecule has 0 aromatic heterocycles. The second-order valence-corrected chi connectivity index (χ2v) is 6.30. The van der Waals surface area contributed by atoms with Crippen LogP contribution in [-0.2, 0) is 4.79 Å². The van der Waals surface area contributed by atoms with Crippen molar-refractivity contribution in [2.45, 2.75) is 39.5 Å². The van der Waals surface area contributed by atoms with Gasteiger partial charge in [0.05, 0.1) is 19.8 Å². The van der Waals surface area contributed by atoms with E-state index >= 15 is 0 Å². The molecule has 0 unspecified atom stereocenters. The zero-order chi connectivity index (χ0) is 19.3. The molecule has 0 aliphatic carbocycles. The summed E-state index contributed by atoms with van der Waals surface area (Å²) in [6.07, 6.45) is 4.69. The van der Waals surface area contributed by atoms with Crippen molar-refractivity contribution in [3.63, 3.8) is 0 Å². The van der Waals surface area contributed by atoms with E-state index in [0.29, 0.717) is 13.2 Å². The van der Waals surface area contributed by atoms with Gasteiger partial charge >= 0.3 is 0 Å². The van der Waals surface area contributed by atoms with Crippen molar-refractivity contribution >= 4 is 17.3 Å². The summed E-state index contributed by atoms with van der Waals surface area (Å²) in [4.78, 5) is 12.2. The van der Waals surface area contributed by atoms with Crippen LogP contribution < -0.4 is 20.1 Å². The summed E-state index contributed by atoms with van der Waals surface area (Å²) in [5.41, 5.74) is 1.61. The third kappa shape index (κ3) is 8.03. The lowest BCUT2D eigenvalue weighted by molar-refractivity contribution is -0.114. The Kier molecular flexibility index (Phi) is 9.04. The Bertz CT molecular complexity index is 686. The Balaban J connectivity index is 1.75. The molecule has 0 heterocycles. The number of rotatable bonds is 12. The minimum absolute atomic E-state index is 0.107. The van der Waals surface area contributed by atoms with Crippen molar-refractivity contribution < 1.29 is 14.3 Å². The van der Waals surface area contributed by atoms with E-state index in [1.807, 2.05) is 55.5 Å². The first-order valence-corrected chi connectivity index (χ1v) is 9.70. The summed E-state index contributed by atoms with van der Waals surface area (Å²) >= 11 is 0. The fourth-order valence-electron chi connectivity index (χ4n) is 2.61. The summed E-state index contributed by atoms with van der Waals surface area (Å²) in [5.74, 6) is 1.49. The largest absolute Gasteiger partial charge is 0.494 e. The molecule has 2 aromatic rings. The lowest BCUT2D eigenvalue weighted by Gasteiger charge is -2.10. The van der Waals surface area contributed by atoms with E-state index in [0.717, 1.165) is 29.3 Å². The van der Waals surface area contributed by atoms with Crippen molar-refractivity contribution in [3.8, 4) is 11.5 Å². The smallest absolute Gasteiger partial charge is 0.243 e. The second-order valence-electron chi connectivity index (χ2n) is 6.30. The van der Waals surface area contributed by atoms with Gasteiger partial charge in [0.1, 0.15) is 11.5 Å². The van der Waals surface area contributed by atoms with Gasteiger partial charge in [-0.05, 0) is 49.7 Å². The number of unbranched alkanes of at least 4 members (excludes halogenated alkanes) is 3. The molecule has 0 bridgehead atoms. The van der Waals surface area contributed by atoms with Gasteiger partial charge in [-0.2, -0.15) is 0 Å². The highest BCUT2D eigenvalue weighted by Crippen LogP contribution is 2.18. The fraction of sp³-hybridized carbons (Fsp3) is 0.409. The van der Waals surface area contributed by atoms with E-state index < -0.39 is 0 Å². The van der Waals surface area contributed by atoms with Crippen LogP contribution in [0, 0.1) is 0 Å². The molecule has 0 fully saturated rings. The molecule has 2 aromatic carbocycles. The summed E-state index contributed by atoms with van der Waals surface area (Å²) in [7, 11) is 0. The first kappa shape index (κ1) is 20.6. The molecule has 1 amide bonds. The normalized spacial score (nSPS) is 10.3. The number of carbonyl (C=O) groups excluding carboxylic acids is 1. The SMILES string of the molecule is CCCCCCOc1cccc(NC(=O)CNc2ccc(OCC)cc2)c1. The molecule has 2 rings (SSSR count). The van der Waals surface area contributed by atoms with Gasteiger partial charge in [0.15, 0.2) is 0 Å². The van der Waals surface area contributed by atoms with Crippen molar-refractivity contribution in [3.05, 3.63) is 48.5 Å². The fourth-order valence-corrected chi connectivity index (χ4v) is 2.61. The summed E-state index contributed by atoms with van der Waals surface area (Å²) in [6, 6.07) is 15.1. The van der Waals surface area contributed by atoms with Gasteiger partial charge in [0.25, 0.3) is 0 Å². The van der Waals surface area contributed by atoms with Gasteiger partial charge in [-0.25, -0.2) is 0 Å². The minimum atomic E-state index is -0.107. The van der Waals surface area contributed by atoms with E-state index in [9.17, 15) is 4.79 Å². The third-order valence-electron chi connectivity index (χ3n) is 4.00. The van der Waals surface area contributed by atoms with E-state index in [4.69, 9.17) is 9.47 Å². The van der Waals surface area contributed by atoms with E-state index in [-0.39, 0.29) is 12.5 Å². The molecule has 0 saturated heterocycles. The first-order valence-electron chi connectivity index (χ1n) is 9.70. The van der Waals surface area contributed by atoms with Crippen LogP contribution >= 0.6 is 0 Å². The molecule has 2 N–H and O–H groups in total. The zero-order valence-corrected chi connectivity index (χ0v) is 16.3. The van der Waals surface area contributed by atoms with Crippen LogP contribution in [0.5, 0.6) is 11.5 Å². The second kappa shape index (κ2) is 11.8. The van der Waals surface area contributed by atoms with Crippen LogP contribution in [0.3, 0.4) is 0 Å². The average molecular weight is 370 g/mol. The van der Waals surface area contributed by atoms with Crippen LogP contribution in [0.15, 0.2) is 48.5 Å². The maximum Gasteiger partial charge on any atom is 0.243 e. The number of benzene rings is 2. The standard InChI is InChI=1S/C22H30N2O3/c1-3-5-6-7-15-27-21-10-8-9-19(16-21)24-22(25)17-23-18-11-13-20(14-12-18)26-4-2/h8-14,16,23H,3-7,15,17H2,1-2H3,(H,24,25). The molecular weight excluding hydrogens is 340 g/mol. The summed E-state index contributed by atoms with van der Waals surface area (Å²) in [6.45, 7) is 5.67. The number of anilines is 2. The Labute approximate surface area is 162 Å². The molecule has 146 valence electrons. The maximum atomic E-state index is 12.2. The average Bonchev–Trinajstić information content (AvgIpc) is 2.68. The van der Waals surface area contributed by atoms with Gasteiger partial charge in [-0.1, -0.05) is 32.3 Å². The molecule has 0 aliphatic heterocycles. The van der Waals surface area contributed by atoms with Gasteiger partial charge < -0.3 is 20.1 Å². The van der Waals surface area contributed by atoms with Crippen LogP contribution in [0.1, 0.15) is 39.5 Å². The van der Waals surface area contributed by atoms with Gasteiger partial charge in [0.2, 0.25) is 5.91 Å². The van der Waals surface area contributed by atoms with Crippen molar-refractivity contribution in [1.82, 2.24) is 0 Å². The highest BCUT2D eigenvalue weighted by molar-refractivity contribution is 5.93. The van der Waals surface area contributed by atoms with Gasteiger partial charge in [-0.3, -0.25) is 4.79 Å². The number of ether oxygens (including phenoxy) is 2. The predicted octanol–water partition coefficient (Wildman–Crippen LogP) is 5.10. The van der Waals surface area contributed by atoms with E-state index in [1.165, 1.54) is 19.3 Å². The quantitative estimate of drug-likeness (QED) is 0.511. The molecule has 5 nitrogen and oxygen atoms in total. The zero-order valence-electron chi connectivity index (χ0n) is 16.3. The molecule has 0 aliphatic rings. The predicted molar refractivity (Wildman–Crippen MR) is 111 cm³/mol. The van der Waals surface area contributed by atoms with E-state index in [1.54, 1.807) is 0 Å². The monoisotopic (exact) mass is 370 g/mol. The van der Waals surface area contributed by atoms with Crippen LogP contribution in [0.2, 0.25) is 0 Å². The lowest BCUT2D eigenvalue weighted by Crippen LogP contribution is -2.21. The number of amides is 1. The Hall–Kier alpha value is -2.69. The lowest BCUT2D eigenvalue weighted by atomic mass is 10.2. The topological polar surface area (TPSA) is 59.6 Å². The van der Waals surface area contributed by atoms with Crippen molar-refractivity contribution in [1.29, 1.82) is 0 Å². The minimum Gasteiger partial charge on any atom is -0.494 e. The molecule has 0 saturated carbocycles. The van der Waals surface area contributed by atoms with Crippen molar-refractivity contribution in [2.75, 3.05) is 30.4 Å². The maximum absolute atomic E-state index is 12.2. The number of hydrogen-bond acceptors (Lipinski definition) is 4. The first-order chi connectivity index (χ1) is 13.2. The van der Waals surface area contributed by atoms with Crippen LogP contribution in [0.25, 0.3) is 0 Å². The number of hydrogen-bond donors (Lipinski definition) is 2. The summed E-state index contributed by atoms with van der Waals surface area (Å²) in [5, 5.41) is 5.99. The summed E-state index contributed by atoms with van der Waals surface area (Å²) < 4.78 is 11.2. The number of carbonyl (C=O) groups is 1. The molecule has 0 spiro atoms.